The van der Waals surface area contributed by atoms with Gasteiger partial charge in [0.25, 0.3) is 5.91 Å². The van der Waals surface area contributed by atoms with Crippen molar-refractivity contribution in [3.63, 3.8) is 0 Å². The first-order chi connectivity index (χ1) is 12.2. The van der Waals surface area contributed by atoms with E-state index >= 15 is 0 Å². The minimum Gasteiger partial charge on any atom is -0.472 e. The van der Waals surface area contributed by atoms with Gasteiger partial charge in [-0.2, -0.15) is 13.2 Å². The molecular weight excluding hydrogens is 392 g/mol. The Balaban J connectivity index is 1.67. The van der Waals surface area contributed by atoms with Crippen molar-refractivity contribution in [2.24, 2.45) is 0 Å². The van der Waals surface area contributed by atoms with Crippen LogP contribution in [0, 0.1) is 0 Å². The lowest BCUT2D eigenvalue weighted by Gasteiger charge is -2.18. The van der Waals surface area contributed by atoms with E-state index in [1.165, 1.54) is 17.0 Å². The molecule has 138 valence electrons. The third kappa shape index (κ3) is 4.22. The minimum absolute atomic E-state index is 0.125. The predicted molar refractivity (Wildman–Crippen MR) is 90.6 cm³/mol. The van der Waals surface area contributed by atoms with Crippen molar-refractivity contribution in [1.82, 2.24) is 9.88 Å². The summed E-state index contributed by atoms with van der Waals surface area (Å²) in [5.41, 5.74) is -0.559. The third-order valence-corrected chi connectivity index (χ3v) is 4.51. The SMILES string of the molecule is O=C(c1cc(Cl)ccc1Cl)N1CCC(Oc2cc(C(F)(F)F)ccn2)C1. The zero-order valence-corrected chi connectivity index (χ0v) is 14.8. The summed E-state index contributed by atoms with van der Waals surface area (Å²) in [6, 6.07) is 6.31. The Hall–Kier alpha value is -1.99. The van der Waals surface area contributed by atoms with Gasteiger partial charge in [-0.25, -0.2) is 4.98 Å². The van der Waals surface area contributed by atoms with Gasteiger partial charge in [0.1, 0.15) is 6.10 Å². The average molecular weight is 405 g/mol. The van der Waals surface area contributed by atoms with Crippen molar-refractivity contribution in [3.8, 4) is 5.88 Å². The number of amides is 1. The van der Waals surface area contributed by atoms with Crippen LogP contribution in [-0.4, -0.2) is 35.0 Å². The van der Waals surface area contributed by atoms with E-state index in [9.17, 15) is 18.0 Å². The third-order valence-electron chi connectivity index (χ3n) is 3.94. The van der Waals surface area contributed by atoms with Gasteiger partial charge in [-0.3, -0.25) is 4.79 Å². The molecule has 2 heterocycles. The molecule has 4 nitrogen and oxygen atoms in total. The lowest BCUT2D eigenvalue weighted by molar-refractivity contribution is -0.137. The number of nitrogens with zero attached hydrogens (tertiary/aromatic N) is 2. The van der Waals surface area contributed by atoms with Crippen LogP contribution in [0.5, 0.6) is 5.88 Å². The molecule has 0 N–H and O–H groups in total. The Bertz CT molecular complexity index is 830. The standard InChI is InChI=1S/C17H13Cl2F3N2O2/c18-11-1-2-14(19)13(8-11)16(25)24-6-4-12(9-24)26-15-7-10(3-5-23-15)17(20,21)22/h1-3,5,7-8,12H,4,6,9H2. The Morgan fingerprint density at radius 2 is 2.00 bits per heavy atom. The van der Waals surface area contributed by atoms with Gasteiger partial charge in [0.2, 0.25) is 5.88 Å². The number of pyridine rings is 1. The van der Waals surface area contributed by atoms with E-state index in [1.54, 1.807) is 6.07 Å². The first-order valence-corrected chi connectivity index (χ1v) is 8.44. The van der Waals surface area contributed by atoms with E-state index in [2.05, 4.69) is 4.98 Å². The monoisotopic (exact) mass is 404 g/mol. The Morgan fingerprint density at radius 1 is 1.23 bits per heavy atom. The maximum Gasteiger partial charge on any atom is 0.416 e. The van der Waals surface area contributed by atoms with Gasteiger partial charge in [-0.1, -0.05) is 23.2 Å². The number of benzene rings is 1. The Kier molecular flexibility index (Phi) is 5.29. The highest BCUT2D eigenvalue weighted by Gasteiger charge is 2.32. The van der Waals surface area contributed by atoms with Crippen molar-refractivity contribution in [2.75, 3.05) is 13.1 Å². The number of ether oxygens (including phenoxy) is 1. The van der Waals surface area contributed by atoms with Crippen LogP contribution in [0.25, 0.3) is 0 Å². The lowest BCUT2D eigenvalue weighted by atomic mass is 10.2. The van der Waals surface area contributed by atoms with Gasteiger partial charge in [0, 0.05) is 30.3 Å². The average Bonchev–Trinajstić information content (AvgIpc) is 3.04. The largest absolute Gasteiger partial charge is 0.472 e. The second kappa shape index (κ2) is 7.32. The smallest absolute Gasteiger partial charge is 0.416 e. The van der Waals surface area contributed by atoms with Crippen LogP contribution in [0.2, 0.25) is 10.0 Å². The number of hydrogen-bond acceptors (Lipinski definition) is 3. The maximum atomic E-state index is 12.7. The highest BCUT2D eigenvalue weighted by atomic mass is 35.5. The molecule has 26 heavy (non-hydrogen) atoms. The maximum absolute atomic E-state index is 12.7. The number of likely N-dealkylation sites (tertiary alicyclic amines) is 1. The first-order valence-electron chi connectivity index (χ1n) is 7.68. The van der Waals surface area contributed by atoms with Crippen LogP contribution in [0.15, 0.2) is 36.5 Å². The van der Waals surface area contributed by atoms with Crippen LogP contribution in [-0.2, 0) is 6.18 Å². The van der Waals surface area contributed by atoms with Crippen molar-refractivity contribution in [1.29, 1.82) is 0 Å². The first kappa shape index (κ1) is 18.8. The number of carbonyl (C=O) groups is 1. The molecule has 0 saturated carbocycles. The van der Waals surface area contributed by atoms with Crippen LogP contribution in [0.1, 0.15) is 22.3 Å². The number of carbonyl (C=O) groups excluding carboxylic acids is 1. The minimum atomic E-state index is -4.47. The van der Waals surface area contributed by atoms with Crippen LogP contribution in [0.4, 0.5) is 13.2 Å². The molecule has 1 saturated heterocycles. The highest BCUT2D eigenvalue weighted by Crippen LogP contribution is 2.31. The summed E-state index contributed by atoms with van der Waals surface area (Å²) >= 11 is 11.9. The molecule has 1 aromatic carbocycles. The molecule has 0 aliphatic carbocycles. The van der Waals surface area contributed by atoms with Crippen molar-refractivity contribution >= 4 is 29.1 Å². The molecule has 3 rings (SSSR count). The molecule has 0 spiro atoms. The summed E-state index contributed by atoms with van der Waals surface area (Å²) in [5, 5.41) is 0.668. The van der Waals surface area contributed by atoms with Gasteiger partial charge in [-0.15, -0.1) is 0 Å². The fourth-order valence-corrected chi connectivity index (χ4v) is 3.03. The summed E-state index contributed by atoms with van der Waals surface area (Å²) in [7, 11) is 0. The van der Waals surface area contributed by atoms with E-state index in [-0.39, 0.29) is 28.9 Å². The summed E-state index contributed by atoms with van der Waals surface area (Å²) in [6.45, 7) is 0.616. The van der Waals surface area contributed by atoms with Crippen molar-refractivity contribution < 1.29 is 22.7 Å². The van der Waals surface area contributed by atoms with Gasteiger partial charge >= 0.3 is 6.18 Å². The molecule has 1 atom stereocenters. The van der Waals surface area contributed by atoms with Gasteiger partial charge < -0.3 is 9.64 Å². The fraction of sp³-hybridized carbons (Fsp3) is 0.294. The van der Waals surface area contributed by atoms with E-state index in [1.807, 2.05) is 0 Å². The van der Waals surface area contributed by atoms with E-state index in [0.29, 0.717) is 18.0 Å². The Morgan fingerprint density at radius 3 is 2.73 bits per heavy atom. The number of alkyl halides is 3. The molecule has 1 unspecified atom stereocenters. The van der Waals surface area contributed by atoms with Crippen LogP contribution in [0.3, 0.4) is 0 Å². The Labute approximate surface area is 157 Å². The zero-order chi connectivity index (χ0) is 18.9. The fourth-order valence-electron chi connectivity index (χ4n) is 2.66. The molecule has 1 fully saturated rings. The van der Waals surface area contributed by atoms with E-state index in [0.717, 1.165) is 18.3 Å². The molecule has 9 heteroatoms. The van der Waals surface area contributed by atoms with Crippen LogP contribution < -0.4 is 4.74 Å². The van der Waals surface area contributed by atoms with Crippen molar-refractivity contribution in [2.45, 2.75) is 18.7 Å². The molecule has 0 radical (unpaired) electrons. The van der Waals surface area contributed by atoms with Gasteiger partial charge in [0.15, 0.2) is 0 Å². The number of halogens is 5. The lowest BCUT2D eigenvalue weighted by Crippen LogP contribution is -2.31. The molecule has 1 aromatic heterocycles. The topological polar surface area (TPSA) is 42.4 Å². The quantitative estimate of drug-likeness (QED) is 0.744. The zero-order valence-electron chi connectivity index (χ0n) is 13.3. The van der Waals surface area contributed by atoms with E-state index in [4.69, 9.17) is 27.9 Å². The second-order valence-electron chi connectivity index (χ2n) is 5.78. The van der Waals surface area contributed by atoms with Crippen LogP contribution >= 0.6 is 23.2 Å². The molecular formula is C17H13Cl2F3N2O2. The normalized spacial score (nSPS) is 17.4. The molecule has 1 aliphatic heterocycles. The molecule has 1 amide bonds. The summed E-state index contributed by atoms with van der Waals surface area (Å²) in [5.74, 6) is -0.430. The predicted octanol–water partition coefficient (Wildman–Crippen LogP) is 4.70. The molecule has 1 aliphatic rings. The van der Waals surface area contributed by atoms with E-state index < -0.39 is 17.8 Å². The molecule has 2 aromatic rings. The summed E-state index contributed by atoms with van der Waals surface area (Å²) < 4.78 is 43.8. The number of rotatable bonds is 3. The second-order valence-corrected chi connectivity index (χ2v) is 6.63. The number of aromatic nitrogens is 1. The molecule has 0 bridgehead atoms. The summed E-state index contributed by atoms with van der Waals surface area (Å²) in [6.07, 6.45) is -3.40. The number of hydrogen-bond donors (Lipinski definition) is 0. The summed E-state index contributed by atoms with van der Waals surface area (Å²) in [4.78, 5) is 17.9. The highest BCUT2D eigenvalue weighted by molar-refractivity contribution is 6.35. The van der Waals surface area contributed by atoms with Gasteiger partial charge in [-0.05, 0) is 24.3 Å². The van der Waals surface area contributed by atoms with Gasteiger partial charge in [0.05, 0.1) is 22.7 Å². The van der Waals surface area contributed by atoms with Crippen molar-refractivity contribution in [3.05, 3.63) is 57.7 Å².